The van der Waals surface area contributed by atoms with Crippen molar-refractivity contribution < 1.29 is 4.79 Å². The zero-order chi connectivity index (χ0) is 13.5. The Balaban J connectivity index is 1.64. The summed E-state index contributed by atoms with van der Waals surface area (Å²) in [6.45, 7) is 0. The van der Waals surface area contributed by atoms with Crippen molar-refractivity contribution >= 4 is 33.0 Å². The van der Waals surface area contributed by atoms with Gasteiger partial charge in [-0.15, -0.1) is 15.3 Å². The normalized spacial score (nSPS) is 11.2. The first-order chi connectivity index (χ1) is 9.79. The van der Waals surface area contributed by atoms with Gasteiger partial charge in [-0.05, 0) is 12.1 Å². The third-order valence-corrected chi connectivity index (χ3v) is 3.53. The van der Waals surface area contributed by atoms with E-state index in [0.717, 1.165) is 5.65 Å². The van der Waals surface area contributed by atoms with Gasteiger partial charge in [0.2, 0.25) is 10.1 Å². The number of fused-ring (bicyclic) bond motifs is 2. The number of amides is 1. The van der Waals surface area contributed by atoms with Crippen molar-refractivity contribution in [3.63, 3.8) is 0 Å². The van der Waals surface area contributed by atoms with Crippen LogP contribution in [0.25, 0.3) is 10.6 Å². The summed E-state index contributed by atoms with van der Waals surface area (Å²) in [4.78, 5) is 17.0. The molecule has 0 bridgehead atoms. The molecule has 4 rings (SSSR count). The molecule has 0 aliphatic rings. The first kappa shape index (κ1) is 11.1. The van der Waals surface area contributed by atoms with Crippen molar-refractivity contribution in [3.05, 3.63) is 42.6 Å². The Kier molecular flexibility index (Phi) is 2.27. The van der Waals surface area contributed by atoms with Gasteiger partial charge in [-0.2, -0.15) is 4.52 Å². The second-order valence-electron chi connectivity index (χ2n) is 4.01. The topological polar surface area (TPSA) is 89.5 Å². The first-order valence-electron chi connectivity index (χ1n) is 5.71. The summed E-state index contributed by atoms with van der Waals surface area (Å²) in [5.74, 6) is -0.307. The predicted octanol–water partition coefficient (Wildman–Crippen LogP) is 1.09. The number of aromatic nitrogens is 6. The van der Waals surface area contributed by atoms with Crippen LogP contribution in [-0.2, 0) is 0 Å². The van der Waals surface area contributed by atoms with Crippen LogP contribution in [0, 0.1) is 0 Å². The average Bonchev–Trinajstić information content (AvgIpc) is 3.10. The lowest BCUT2D eigenvalue weighted by atomic mass is 10.4. The lowest BCUT2D eigenvalue weighted by Gasteiger charge is -1.95. The van der Waals surface area contributed by atoms with Gasteiger partial charge in [-0.1, -0.05) is 17.4 Å². The largest absolute Gasteiger partial charge is 0.306 e. The van der Waals surface area contributed by atoms with Gasteiger partial charge < -0.3 is 4.40 Å². The predicted molar refractivity (Wildman–Crippen MR) is 71.8 cm³/mol. The van der Waals surface area contributed by atoms with Crippen LogP contribution in [0.5, 0.6) is 0 Å². The van der Waals surface area contributed by atoms with Gasteiger partial charge in [0.25, 0.3) is 5.91 Å². The number of carbonyl (C=O) groups is 1. The molecule has 0 atom stereocenters. The van der Waals surface area contributed by atoms with Crippen LogP contribution in [0.3, 0.4) is 0 Å². The maximum atomic E-state index is 12.1. The molecule has 0 spiro atoms. The van der Waals surface area contributed by atoms with E-state index in [0.29, 0.717) is 15.8 Å². The third-order valence-electron chi connectivity index (χ3n) is 2.70. The molecule has 4 heterocycles. The molecule has 20 heavy (non-hydrogen) atoms. The van der Waals surface area contributed by atoms with E-state index >= 15 is 0 Å². The second-order valence-corrected chi connectivity index (χ2v) is 4.97. The van der Waals surface area contributed by atoms with Crippen LogP contribution < -0.4 is 5.32 Å². The third kappa shape index (κ3) is 1.72. The summed E-state index contributed by atoms with van der Waals surface area (Å²) in [6.07, 6.45) is 4.99. The van der Waals surface area contributed by atoms with Gasteiger partial charge >= 0.3 is 0 Å². The van der Waals surface area contributed by atoms with E-state index in [1.165, 1.54) is 22.2 Å². The molecule has 0 aromatic carbocycles. The van der Waals surface area contributed by atoms with Crippen molar-refractivity contribution in [2.45, 2.75) is 0 Å². The number of nitrogens with zero attached hydrogens (tertiary/aromatic N) is 6. The van der Waals surface area contributed by atoms with E-state index in [9.17, 15) is 4.79 Å². The van der Waals surface area contributed by atoms with E-state index in [1.807, 2.05) is 24.4 Å². The summed E-state index contributed by atoms with van der Waals surface area (Å²) in [7, 11) is 0. The molecule has 4 aromatic heterocycles. The van der Waals surface area contributed by atoms with Gasteiger partial charge in [0.1, 0.15) is 17.7 Å². The Morgan fingerprint density at radius 3 is 3.15 bits per heavy atom. The number of anilines is 1. The molecular weight excluding hydrogens is 278 g/mol. The van der Waals surface area contributed by atoms with Crippen LogP contribution in [0.4, 0.5) is 5.13 Å². The summed E-state index contributed by atoms with van der Waals surface area (Å²) < 4.78 is 3.29. The van der Waals surface area contributed by atoms with E-state index in [1.54, 1.807) is 10.6 Å². The number of hydrogen-bond acceptors (Lipinski definition) is 6. The van der Waals surface area contributed by atoms with Gasteiger partial charge in [0.05, 0.1) is 0 Å². The minimum Gasteiger partial charge on any atom is -0.306 e. The monoisotopic (exact) mass is 285 g/mol. The van der Waals surface area contributed by atoms with E-state index in [2.05, 4.69) is 25.6 Å². The first-order valence-corrected chi connectivity index (χ1v) is 6.53. The molecule has 0 fully saturated rings. The van der Waals surface area contributed by atoms with Crippen LogP contribution in [-0.4, -0.2) is 35.1 Å². The number of hydrogen-bond donors (Lipinski definition) is 1. The molecule has 0 radical (unpaired) electrons. The average molecular weight is 285 g/mol. The molecule has 8 nitrogen and oxygen atoms in total. The number of pyridine rings is 1. The Labute approximate surface area is 115 Å². The fourth-order valence-corrected chi connectivity index (χ4v) is 2.53. The van der Waals surface area contributed by atoms with Crippen molar-refractivity contribution in [1.29, 1.82) is 0 Å². The van der Waals surface area contributed by atoms with Gasteiger partial charge in [0, 0.05) is 12.4 Å². The fourth-order valence-electron chi connectivity index (χ4n) is 1.82. The highest BCUT2D eigenvalue weighted by atomic mass is 32.1. The minimum atomic E-state index is -0.307. The summed E-state index contributed by atoms with van der Waals surface area (Å²) in [5.41, 5.74) is 1.05. The number of carbonyl (C=O) groups excluding carboxylic acids is 1. The highest BCUT2D eigenvalue weighted by Gasteiger charge is 2.13. The molecule has 0 unspecified atom stereocenters. The highest BCUT2D eigenvalue weighted by molar-refractivity contribution is 7.20. The van der Waals surface area contributed by atoms with Crippen molar-refractivity contribution in [2.24, 2.45) is 0 Å². The van der Waals surface area contributed by atoms with Crippen LogP contribution in [0.2, 0.25) is 0 Å². The van der Waals surface area contributed by atoms with Crippen molar-refractivity contribution in [2.75, 3.05) is 5.32 Å². The van der Waals surface area contributed by atoms with Crippen LogP contribution in [0.1, 0.15) is 10.5 Å². The maximum Gasteiger partial charge on any atom is 0.277 e. The maximum absolute atomic E-state index is 12.1. The van der Waals surface area contributed by atoms with E-state index in [-0.39, 0.29) is 5.91 Å². The second kappa shape index (κ2) is 4.10. The van der Waals surface area contributed by atoms with Crippen molar-refractivity contribution in [3.8, 4) is 0 Å². The smallest absolute Gasteiger partial charge is 0.277 e. The Hall–Kier alpha value is -2.81. The molecule has 98 valence electrons. The van der Waals surface area contributed by atoms with E-state index < -0.39 is 0 Å². The van der Waals surface area contributed by atoms with Gasteiger partial charge in [0.15, 0.2) is 0 Å². The Bertz CT molecular complexity index is 859. The van der Waals surface area contributed by atoms with Gasteiger partial charge in [-0.25, -0.2) is 4.98 Å². The molecule has 1 N–H and O–H groups in total. The summed E-state index contributed by atoms with van der Waals surface area (Å²) in [6, 6.07) is 5.58. The zero-order valence-corrected chi connectivity index (χ0v) is 10.8. The number of rotatable bonds is 2. The lowest BCUT2D eigenvalue weighted by molar-refractivity contribution is 0.102. The number of imidazole rings is 1. The quantitative estimate of drug-likeness (QED) is 0.595. The van der Waals surface area contributed by atoms with Gasteiger partial charge in [-0.3, -0.25) is 10.1 Å². The molecule has 4 aromatic rings. The fraction of sp³-hybridized carbons (Fsp3) is 0. The minimum absolute atomic E-state index is 0.307. The standard InChI is InChI=1S/C11H7N7OS/c19-9(7-5-17-4-2-1-3-8(17)13-7)14-10-16-18-6-12-15-11(18)20-10/h1-6H,(H,14,16,19). The molecular formula is C11H7N7OS. The van der Waals surface area contributed by atoms with Crippen LogP contribution >= 0.6 is 11.3 Å². The molecule has 1 amide bonds. The molecule has 0 aliphatic carbocycles. The molecule has 9 heteroatoms. The van der Waals surface area contributed by atoms with Crippen molar-refractivity contribution in [1.82, 2.24) is 29.2 Å². The molecule has 0 saturated heterocycles. The zero-order valence-electron chi connectivity index (χ0n) is 9.96. The molecule has 0 saturated carbocycles. The highest BCUT2D eigenvalue weighted by Crippen LogP contribution is 2.17. The Morgan fingerprint density at radius 2 is 2.30 bits per heavy atom. The lowest BCUT2D eigenvalue weighted by Crippen LogP contribution is -2.12. The van der Waals surface area contributed by atoms with E-state index in [4.69, 9.17) is 0 Å². The number of nitrogens with one attached hydrogen (secondary N) is 1. The Morgan fingerprint density at radius 1 is 1.35 bits per heavy atom. The molecule has 0 aliphatic heterocycles. The van der Waals surface area contributed by atoms with Crippen LogP contribution in [0.15, 0.2) is 36.9 Å². The summed E-state index contributed by atoms with van der Waals surface area (Å²) in [5, 5.41) is 14.8. The SMILES string of the molecule is O=C(Nc1nn2cnnc2s1)c1cn2ccccc2n1. The summed E-state index contributed by atoms with van der Waals surface area (Å²) >= 11 is 1.25.